The Labute approximate surface area is 128 Å². The molecule has 2 aromatic rings. The molecular weight excluding hydrogens is 310 g/mol. The molecule has 0 saturated carbocycles. The van der Waals surface area contributed by atoms with Crippen LogP contribution in [0.15, 0.2) is 59.5 Å². The van der Waals surface area contributed by atoms with Crippen molar-refractivity contribution in [3.05, 3.63) is 65.2 Å². The van der Waals surface area contributed by atoms with Crippen LogP contribution < -0.4 is 10.3 Å². The molecule has 0 aliphatic carbocycles. The molecule has 108 valence electrons. The van der Waals surface area contributed by atoms with Gasteiger partial charge < -0.3 is 0 Å². The smallest absolute Gasteiger partial charge is 0.222 e. The topological polar surface area (TPSA) is 82.0 Å². The summed E-state index contributed by atoms with van der Waals surface area (Å²) in [4.78, 5) is 2.26. The van der Waals surface area contributed by atoms with E-state index in [4.69, 9.17) is 16.9 Å². The van der Waals surface area contributed by atoms with Crippen molar-refractivity contribution in [1.82, 2.24) is 10.3 Å². The van der Waals surface area contributed by atoms with Crippen molar-refractivity contribution < 1.29 is 8.42 Å². The molecule has 2 N–H and O–H groups in total. The fourth-order valence-corrected chi connectivity index (χ4v) is 2.66. The number of benzene rings is 2. The van der Waals surface area contributed by atoms with E-state index >= 15 is 0 Å². The molecule has 1 unspecified atom stereocenters. The lowest BCUT2D eigenvalue weighted by atomic mass is 10.1. The largest absolute Gasteiger partial charge is 0.253 e. The van der Waals surface area contributed by atoms with Crippen molar-refractivity contribution in [2.24, 2.45) is 0 Å². The third-order valence-electron chi connectivity index (χ3n) is 2.72. The maximum absolute atomic E-state index is 12.1. The Morgan fingerprint density at radius 3 is 2.24 bits per heavy atom. The summed E-state index contributed by atoms with van der Waals surface area (Å²) in [5.74, 6) is 0. The molecule has 21 heavy (non-hydrogen) atoms. The first-order valence-corrected chi connectivity index (χ1v) is 7.86. The van der Waals surface area contributed by atoms with Crippen molar-refractivity contribution in [3.63, 3.8) is 0 Å². The van der Waals surface area contributed by atoms with Gasteiger partial charge in [-0.1, -0.05) is 41.9 Å². The molecule has 0 saturated heterocycles. The van der Waals surface area contributed by atoms with Crippen molar-refractivity contribution in [3.8, 4) is 6.07 Å². The number of hydrogen-bond donors (Lipinski definition) is 2. The van der Waals surface area contributed by atoms with E-state index in [1.54, 1.807) is 24.3 Å². The fourth-order valence-electron chi connectivity index (χ4n) is 1.64. The van der Waals surface area contributed by atoms with Gasteiger partial charge in [-0.2, -0.15) is 5.26 Å². The van der Waals surface area contributed by atoms with Gasteiger partial charge in [-0.05, 0) is 29.8 Å². The predicted molar refractivity (Wildman–Crippen MR) is 79.7 cm³/mol. The first kappa shape index (κ1) is 15.5. The monoisotopic (exact) mass is 321 g/mol. The molecule has 2 aromatic carbocycles. The van der Waals surface area contributed by atoms with E-state index in [-0.39, 0.29) is 4.90 Å². The number of hydrogen-bond acceptors (Lipinski definition) is 4. The van der Waals surface area contributed by atoms with Gasteiger partial charge in [-0.15, -0.1) is 4.83 Å². The van der Waals surface area contributed by atoms with E-state index in [2.05, 4.69) is 10.3 Å². The van der Waals surface area contributed by atoms with Crippen LogP contribution in [0.3, 0.4) is 0 Å². The van der Waals surface area contributed by atoms with Crippen LogP contribution in [0, 0.1) is 11.3 Å². The van der Waals surface area contributed by atoms with Gasteiger partial charge >= 0.3 is 0 Å². The van der Waals surface area contributed by atoms with E-state index in [1.165, 1.54) is 24.3 Å². The zero-order chi connectivity index (χ0) is 15.3. The fraction of sp³-hybridized carbons (Fsp3) is 0.0714. The Morgan fingerprint density at radius 1 is 1.05 bits per heavy atom. The number of sulfonamides is 1. The minimum atomic E-state index is -3.76. The summed E-state index contributed by atoms with van der Waals surface area (Å²) in [7, 11) is -3.76. The molecule has 0 radical (unpaired) electrons. The molecular formula is C14H12ClN3O2S. The number of nitrogens with one attached hydrogen (secondary N) is 2. The third kappa shape index (κ3) is 4.03. The Morgan fingerprint density at radius 2 is 1.67 bits per heavy atom. The van der Waals surface area contributed by atoms with Crippen molar-refractivity contribution in [2.45, 2.75) is 10.9 Å². The van der Waals surface area contributed by atoms with E-state index in [9.17, 15) is 8.42 Å². The highest BCUT2D eigenvalue weighted by Gasteiger charge is 2.17. The summed E-state index contributed by atoms with van der Waals surface area (Å²) in [6, 6.07) is 15.8. The number of hydrazine groups is 1. The number of rotatable bonds is 5. The molecule has 0 spiro atoms. The van der Waals surface area contributed by atoms with Gasteiger partial charge in [-0.25, -0.2) is 13.8 Å². The highest BCUT2D eigenvalue weighted by atomic mass is 35.5. The molecule has 0 amide bonds. The highest BCUT2D eigenvalue weighted by Crippen LogP contribution is 2.14. The first-order chi connectivity index (χ1) is 10.0. The van der Waals surface area contributed by atoms with Crippen LogP contribution in [0.1, 0.15) is 11.6 Å². The minimum absolute atomic E-state index is 0.0594. The summed E-state index contributed by atoms with van der Waals surface area (Å²) >= 11 is 5.72. The zero-order valence-corrected chi connectivity index (χ0v) is 12.4. The second-order valence-electron chi connectivity index (χ2n) is 4.18. The van der Waals surface area contributed by atoms with Crippen LogP contribution in [-0.2, 0) is 10.0 Å². The molecule has 0 aliphatic heterocycles. The lowest BCUT2D eigenvalue weighted by Crippen LogP contribution is -2.39. The Balaban J connectivity index is 2.11. The minimum Gasteiger partial charge on any atom is -0.222 e. The van der Waals surface area contributed by atoms with Crippen LogP contribution in [0.4, 0.5) is 0 Å². The quantitative estimate of drug-likeness (QED) is 0.828. The van der Waals surface area contributed by atoms with E-state index in [1.807, 2.05) is 12.1 Å². The average molecular weight is 322 g/mol. The van der Waals surface area contributed by atoms with Crippen molar-refractivity contribution in [2.75, 3.05) is 0 Å². The van der Waals surface area contributed by atoms with E-state index < -0.39 is 16.1 Å². The molecule has 0 aromatic heterocycles. The maximum atomic E-state index is 12.1. The Bertz CT molecular complexity index is 740. The van der Waals surface area contributed by atoms with Gasteiger partial charge in [0.15, 0.2) is 0 Å². The molecule has 7 heteroatoms. The van der Waals surface area contributed by atoms with Gasteiger partial charge in [0.2, 0.25) is 0 Å². The number of nitrogens with zero attached hydrogens (tertiary/aromatic N) is 1. The molecule has 2 rings (SSSR count). The Kier molecular flexibility index (Phi) is 4.94. The number of nitriles is 1. The molecule has 0 aliphatic rings. The standard InChI is InChI=1S/C14H12ClN3O2S/c15-12-6-8-13(9-7-12)21(19,20)18-17-14(10-16)11-4-2-1-3-5-11/h1-9,14,17-18H. The second-order valence-corrected chi connectivity index (χ2v) is 6.30. The van der Waals surface area contributed by atoms with Crippen LogP contribution in [0.2, 0.25) is 5.02 Å². The van der Waals surface area contributed by atoms with Gasteiger partial charge in [0.25, 0.3) is 10.0 Å². The van der Waals surface area contributed by atoms with Gasteiger partial charge in [-0.3, -0.25) is 0 Å². The predicted octanol–water partition coefficient (Wildman–Crippen LogP) is 2.39. The summed E-state index contributed by atoms with van der Waals surface area (Å²) < 4.78 is 24.1. The molecule has 1 atom stereocenters. The van der Waals surface area contributed by atoms with Crippen molar-refractivity contribution in [1.29, 1.82) is 5.26 Å². The van der Waals surface area contributed by atoms with Crippen LogP contribution in [-0.4, -0.2) is 8.42 Å². The summed E-state index contributed by atoms with van der Waals surface area (Å²) in [5, 5.41) is 9.56. The van der Waals surface area contributed by atoms with E-state index in [0.29, 0.717) is 10.6 Å². The lowest BCUT2D eigenvalue weighted by molar-refractivity contribution is 0.539. The van der Waals surface area contributed by atoms with Gasteiger partial charge in [0, 0.05) is 5.02 Å². The van der Waals surface area contributed by atoms with Crippen LogP contribution in [0.5, 0.6) is 0 Å². The van der Waals surface area contributed by atoms with Crippen molar-refractivity contribution >= 4 is 21.6 Å². The van der Waals surface area contributed by atoms with E-state index in [0.717, 1.165) is 0 Å². The first-order valence-electron chi connectivity index (χ1n) is 6.00. The molecule has 0 bridgehead atoms. The summed E-state index contributed by atoms with van der Waals surface area (Å²) in [6.07, 6.45) is 0. The van der Waals surface area contributed by atoms with Crippen LogP contribution >= 0.6 is 11.6 Å². The average Bonchev–Trinajstić information content (AvgIpc) is 2.49. The molecule has 0 heterocycles. The van der Waals surface area contributed by atoms with Crippen LogP contribution in [0.25, 0.3) is 0 Å². The second kappa shape index (κ2) is 6.70. The summed E-state index contributed by atoms with van der Waals surface area (Å²) in [5.41, 5.74) is 3.17. The molecule has 5 nitrogen and oxygen atoms in total. The van der Waals surface area contributed by atoms with Gasteiger partial charge in [0.05, 0.1) is 11.0 Å². The third-order valence-corrected chi connectivity index (χ3v) is 4.25. The number of halogens is 1. The normalized spacial score (nSPS) is 12.6. The maximum Gasteiger partial charge on any atom is 0.253 e. The zero-order valence-electron chi connectivity index (χ0n) is 10.8. The summed E-state index contributed by atoms with van der Waals surface area (Å²) in [6.45, 7) is 0. The SMILES string of the molecule is N#CC(NNS(=O)(=O)c1ccc(Cl)cc1)c1ccccc1. The Hall–Kier alpha value is -1.91. The van der Waals surface area contributed by atoms with Gasteiger partial charge in [0.1, 0.15) is 6.04 Å². The molecule has 0 fully saturated rings. The lowest BCUT2D eigenvalue weighted by Gasteiger charge is -2.13. The highest BCUT2D eigenvalue weighted by molar-refractivity contribution is 7.89.